The van der Waals surface area contributed by atoms with Crippen LogP contribution in [0.1, 0.15) is 35.3 Å². The number of nitro groups is 1. The first-order valence-corrected chi connectivity index (χ1v) is 8.14. The lowest BCUT2D eigenvalue weighted by Crippen LogP contribution is -2.14. The zero-order valence-corrected chi connectivity index (χ0v) is 14.8. The molecule has 1 heterocycles. The summed E-state index contributed by atoms with van der Waals surface area (Å²) in [6.07, 6.45) is 1.08. The second-order valence-electron chi connectivity index (χ2n) is 6.70. The summed E-state index contributed by atoms with van der Waals surface area (Å²) < 4.78 is 0. The lowest BCUT2D eigenvalue weighted by molar-refractivity contribution is -0.385. The van der Waals surface area contributed by atoms with Gasteiger partial charge in [0.25, 0.3) is 5.69 Å². The number of nitriles is 1. The van der Waals surface area contributed by atoms with Crippen LogP contribution in [0.5, 0.6) is 0 Å². The Morgan fingerprint density at radius 1 is 1.22 bits per heavy atom. The molecule has 0 atom stereocenters. The zero-order valence-electron chi connectivity index (χ0n) is 14.8. The number of aromatic nitrogens is 1. The van der Waals surface area contributed by atoms with Gasteiger partial charge in [-0.15, -0.1) is 0 Å². The summed E-state index contributed by atoms with van der Waals surface area (Å²) in [5.41, 5.74) is 0.727. The Morgan fingerprint density at radius 2 is 1.89 bits per heavy atom. The molecule has 0 aliphatic carbocycles. The third-order valence-electron chi connectivity index (χ3n) is 4.44. The number of pyridine rings is 1. The predicted molar refractivity (Wildman–Crippen MR) is 102 cm³/mol. The van der Waals surface area contributed by atoms with E-state index in [0.29, 0.717) is 16.4 Å². The van der Waals surface area contributed by atoms with Crippen molar-refractivity contribution in [2.75, 3.05) is 0 Å². The number of carbonyl (C=O) groups excluding carboxylic acids is 1. The second kappa shape index (κ2) is 6.65. The number of nitrogens with zero attached hydrogens (tertiary/aromatic N) is 3. The fraction of sp³-hybridized carbons (Fsp3) is 0.150. The van der Waals surface area contributed by atoms with Crippen molar-refractivity contribution in [2.24, 2.45) is 0 Å². The molecule has 0 amide bonds. The molecule has 0 aliphatic rings. The molecule has 3 aromatic rings. The maximum absolute atomic E-state index is 13.1. The van der Waals surface area contributed by atoms with E-state index in [1.54, 1.807) is 50.2 Å². The van der Waals surface area contributed by atoms with Gasteiger partial charge in [-0.3, -0.25) is 14.9 Å². The van der Waals surface area contributed by atoms with E-state index in [1.807, 2.05) is 0 Å². The molecule has 27 heavy (non-hydrogen) atoms. The van der Waals surface area contributed by atoms with Crippen molar-refractivity contribution >= 4 is 35.7 Å². The van der Waals surface area contributed by atoms with E-state index >= 15 is 0 Å². The van der Waals surface area contributed by atoms with Crippen LogP contribution in [-0.4, -0.2) is 23.5 Å². The third-order valence-corrected chi connectivity index (χ3v) is 4.44. The molecule has 0 saturated heterocycles. The minimum atomic E-state index is -0.703. The van der Waals surface area contributed by atoms with Crippen LogP contribution < -0.4 is 5.46 Å². The first-order chi connectivity index (χ1) is 12.7. The number of carbonyl (C=O) groups is 1. The van der Waals surface area contributed by atoms with Crippen LogP contribution in [0, 0.1) is 21.4 Å². The lowest BCUT2D eigenvalue weighted by Gasteiger charge is -2.16. The van der Waals surface area contributed by atoms with Crippen LogP contribution in [0.3, 0.4) is 0 Å². The van der Waals surface area contributed by atoms with Gasteiger partial charge in [-0.2, -0.15) is 5.26 Å². The maximum atomic E-state index is 13.1. The molecule has 7 heteroatoms. The molecule has 2 radical (unpaired) electrons. The van der Waals surface area contributed by atoms with E-state index in [2.05, 4.69) is 11.1 Å². The van der Waals surface area contributed by atoms with Gasteiger partial charge in [-0.1, -0.05) is 41.9 Å². The highest BCUT2D eigenvalue weighted by molar-refractivity contribution is 6.33. The van der Waals surface area contributed by atoms with Gasteiger partial charge in [0.1, 0.15) is 19.6 Å². The Morgan fingerprint density at radius 3 is 2.48 bits per heavy atom. The standard InChI is InChI=1S/C20H14BN3O3/c1-20(2,11-22)13-5-3-12(4-6-13)19(25)18-15-9-14(21)7-8-16(15)23-10-17(18)24(26)27/h3-10H,1-2H3. The Hall–Kier alpha value is -3.53. The smallest absolute Gasteiger partial charge is 0.288 e. The average Bonchev–Trinajstić information content (AvgIpc) is 2.66. The quantitative estimate of drug-likeness (QED) is 0.310. The summed E-state index contributed by atoms with van der Waals surface area (Å²) in [5.74, 6) is -0.499. The Balaban J connectivity index is 2.18. The molecule has 3 rings (SSSR count). The SMILES string of the molecule is [B]c1ccc2ncc([N+](=O)[O-])c(C(=O)c3ccc(C(C)(C)C#N)cc3)c2c1. The molecule has 0 aliphatic heterocycles. The average molecular weight is 355 g/mol. The van der Waals surface area contributed by atoms with Crippen molar-refractivity contribution in [3.63, 3.8) is 0 Å². The molecular weight excluding hydrogens is 341 g/mol. The number of ketones is 1. The zero-order chi connectivity index (χ0) is 19.8. The summed E-state index contributed by atoms with van der Waals surface area (Å²) >= 11 is 0. The van der Waals surface area contributed by atoms with Crippen molar-refractivity contribution < 1.29 is 9.72 Å². The van der Waals surface area contributed by atoms with Gasteiger partial charge in [0, 0.05) is 10.9 Å². The molecule has 0 fully saturated rings. The maximum Gasteiger partial charge on any atom is 0.299 e. The van der Waals surface area contributed by atoms with E-state index in [9.17, 15) is 20.2 Å². The molecule has 0 bridgehead atoms. The fourth-order valence-electron chi connectivity index (χ4n) is 2.82. The minimum absolute atomic E-state index is 0.0513. The van der Waals surface area contributed by atoms with Gasteiger partial charge >= 0.3 is 0 Å². The Labute approximate surface area is 157 Å². The fourth-order valence-corrected chi connectivity index (χ4v) is 2.82. The number of benzene rings is 2. The van der Waals surface area contributed by atoms with Crippen molar-refractivity contribution in [2.45, 2.75) is 19.3 Å². The van der Waals surface area contributed by atoms with Gasteiger partial charge in [-0.05, 0) is 25.5 Å². The van der Waals surface area contributed by atoms with Crippen LogP contribution in [0.25, 0.3) is 10.9 Å². The van der Waals surface area contributed by atoms with E-state index in [4.69, 9.17) is 7.85 Å². The summed E-state index contributed by atoms with van der Waals surface area (Å²) in [5, 5.41) is 21.0. The normalized spacial score (nSPS) is 11.1. The molecule has 0 saturated carbocycles. The van der Waals surface area contributed by atoms with E-state index in [1.165, 1.54) is 6.07 Å². The Kier molecular flexibility index (Phi) is 4.50. The molecule has 1 aromatic heterocycles. The van der Waals surface area contributed by atoms with Crippen LogP contribution in [0.2, 0.25) is 0 Å². The molecule has 2 aromatic carbocycles. The van der Waals surface area contributed by atoms with Crippen molar-refractivity contribution in [1.29, 1.82) is 5.26 Å². The summed E-state index contributed by atoms with van der Waals surface area (Å²) in [4.78, 5) is 28.0. The first-order valence-electron chi connectivity index (χ1n) is 8.14. The predicted octanol–water partition coefficient (Wildman–Crippen LogP) is 2.97. The van der Waals surface area contributed by atoms with Crippen molar-refractivity contribution in [3.8, 4) is 6.07 Å². The molecule has 0 unspecified atom stereocenters. The van der Waals surface area contributed by atoms with Gasteiger partial charge < -0.3 is 0 Å². The number of rotatable bonds is 4. The van der Waals surface area contributed by atoms with Crippen LogP contribution >= 0.6 is 0 Å². The monoisotopic (exact) mass is 355 g/mol. The Bertz CT molecular complexity index is 1120. The van der Waals surface area contributed by atoms with Crippen LogP contribution in [0.15, 0.2) is 48.7 Å². The van der Waals surface area contributed by atoms with Crippen LogP contribution in [0.4, 0.5) is 5.69 Å². The van der Waals surface area contributed by atoms with Crippen molar-refractivity contribution in [1.82, 2.24) is 4.98 Å². The van der Waals surface area contributed by atoms with E-state index < -0.39 is 16.1 Å². The van der Waals surface area contributed by atoms with Gasteiger partial charge in [0.05, 0.1) is 21.9 Å². The molecule has 130 valence electrons. The molecule has 0 spiro atoms. The molecular formula is C20H14BN3O3. The van der Waals surface area contributed by atoms with E-state index in [-0.39, 0.29) is 16.8 Å². The highest BCUT2D eigenvalue weighted by atomic mass is 16.6. The van der Waals surface area contributed by atoms with Gasteiger partial charge in [-0.25, -0.2) is 4.98 Å². The summed E-state index contributed by atoms with van der Waals surface area (Å²) in [6, 6.07) is 13.4. The summed E-state index contributed by atoms with van der Waals surface area (Å²) in [7, 11) is 5.80. The second-order valence-corrected chi connectivity index (χ2v) is 6.70. The van der Waals surface area contributed by atoms with Crippen LogP contribution in [-0.2, 0) is 5.41 Å². The first kappa shape index (κ1) is 18.3. The minimum Gasteiger partial charge on any atom is -0.288 e. The van der Waals surface area contributed by atoms with Gasteiger partial charge in [0.2, 0.25) is 5.78 Å². The summed E-state index contributed by atoms with van der Waals surface area (Å²) in [6.45, 7) is 3.54. The molecule has 0 N–H and O–H groups in total. The number of hydrogen-bond acceptors (Lipinski definition) is 5. The highest BCUT2D eigenvalue weighted by Gasteiger charge is 2.26. The highest BCUT2D eigenvalue weighted by Crippen LogP contribution is 2.29. The van der Waals surface area contributed by atoms with Gasteiger partial charge in [0.15, 0.2) is 0 Å². The van der Waals surface area contributed by atoms with E-state index in [0.717, 1.165) is 11.8 Å². The topological polar surface area (TPSA) is 96.9 Å². The van der Waals surface area contributed by atoms with Crippen molar-refractivity contribution in [3.05, 3.63) is 75.5 Å². The molecule has 6 nitrogen and oxygen atoms in total. The largest absolute Gasteiger partial charge is 0.299 e. The third kappa shape index (κ3) is 3.29. The number of hydrogen-bond donors (Lipinski definition) is 0. The lowest BCUT2D eigenvalue weighted by atomic mass is 9.85. The number of fused-ring (bicyclic) bond motifs is 1.